The Bertz CT molecular complexity index is 326. The van der Waals surface area contributed by atoms with Gasteiger partial charge in [-0.05, 0) is 19.1 Å². The van der Waals surface area contributed by atoms with Gasteiger partial charge in [-0.25, -0.2) is 4.98 Å². The average Bonchev–Trinajstić information content (AvgIpc) is 2.15. The second kappa shape index (κ2) is 4.57. The number of carbonyl (C=O) groups is 1. The highest BCUT2D eigenvalue weighted by molar-refractivity contribution is 5.98. The van der Waals surface area contributed by atoms with Crippen molar-refractivity contribution in [1.82, 2.24) is 10.3 Å². The molecule has 0 aliphatic heterocycles. The summed E-state index contributed by atoms with van der Waals surface area (Å²) >= 11 is 0. The lowest BCUT2D eigenvalue weighted by Crippen LogP contribution is -2.31. The van der Waals surface area contributed by atoms with Crippen molar-refractivity contribution in [1.29, 1.82) is 0 Å². The van der Waals surface area contributed by atoms with Crippen molar-refractivity contribution in [2.75, 3.05) is 12.3 Å². The first-order valence-corrected chi connectivity index (χ1v) is 4.28. The van der Waals surface area contributed by atoms with E-state index in [0.29, 0.717) is 5.56 Å². The Balaban J connectivity index is 2.65. The van der Waals surface area contributed by atoms with Gasteiger partial charge in [0, 0.05) is 12.7 Å². The maximum absolute atomic E-state index is 11.4. The standard InChI is InChI=1S/C9H13N3O2/c1-6(13)5-12-9(14)7-3-2-4-11-8(7)10/h2-4,6,13H,5H2,1H3,(H2,10,11)(H,12,14). The quantitative estimate of drug-likeness (QED) is 0.622. The van der Waals surface area contributed by atoms with Crippen molar-refractivity contribution in [2.24, 2.45) is 0 Å². The summed E-state index contributed by atoms with van der Waals surface area (Å²) in [5.74, 6) is -0.132. The minimum absolute atomic E-state index is 0.190. The third-order valence-corrected chi connectivity index (χ3v) is 1.64. The lowest BCUT2D eigenvalue weighted by molar-refractivity contribution is 0.0924. The molecule has 0 aromatic carbocycles. The number of nitrogen functional groups attached to an aromatic ring is 1. The second-order valence-electron chi connectivity index (χ2n) is 3.00. The summed E-state index contributed by atoms with van der Waals surface area (Å²) in [6.45, 7) is 1.79. The SMILES string of the molecule is CC(O)CNC(=O)c1cccnc1N. The van der Waals surface area contributed by atoms with E-state index < -0.39 is 6.10 Å². The molecule has 1 amide bonds. The lowest BCUT2D eigenvalue weighted by atomic mass is 10.2. The van der Waals surface area contributed by atoms with Crippen molar-refractivity contribution in [3.05, 3.63) is 23.9 Å². The molecule has 4 N–H and O–H groups in total. The molecule has 14 heavy (non-hydrogen) atoms. The van der Waals surface area contributed by atoms with Crippen LogP contribution in [0.15, 0.2) is 18.3 Å². The first kappa shape index (κ1) is 10.5. The van der Waals surface area contributed by atoms with Gasteiger partial charge < -0.3 is 16.2 Å². The predicted octanol–water partition coefficient (Wildman–Crippen LogP) is -0.226. The number of amides is 1. The van der Waals surface area contributed by atoms with Crippen LogP contribution in [0.4, 0.5) is 5.82 Å². The van der Waals surface area contributed by atoms with E-state index in [9.17, 15) is 4.79 Å². The molecule has 0 bridgehead atoms. The predicted molar refractivity (Wildman–Crippen MR) is 52.7 cm³/mol. The van der Waals surface area contributed by atoms with Gasteiger partial charge >= 0.3 is 0 Å². The first-order chi connectivity index (χ1) is 6.61. The van der Waals surface area contributed by atoms with Crippen LogP contribution in [0, 0.1) is 0 Å². The monoisotopic (exact) mass is 195 g/mol. The molecular formula is C9H13N3O2. The highest BCUT2D eigenvalue weighted by Gasteiger charge is 2.09. The van der Waals surface area contributed by atoms with E-state index in [2.05, 4.69) is 10.3 Å². The smallest absolute Gasteiger partial charge is 0.255 e. The number of pyridine rings is 1. The van der Waals surface area contributed by atoms with Crippen molar-refractivity contribution >= 4 is 11.7 Å². The third-order valence-electron chi connectivity index (χ3n) is 1.64. The zero-order chi connectivity index (χ0) is 10.6. The van der Waals surface area contributed by atoms with Crippen LogP contribution < -0.4 is 11.1 Å². The molecule has 1 rings (SSSR count). The van der Waals surface area contributed by atoms with Crippen molar-refractivity contribution < 1.29 is 9.90 Å². The summed E-state index contributed by atoms with van der Waals surface area (Å²) in [7, 11) is 0. The number of nitrogens with zero attached hydrogens (tertiary/aromatic N) is 1. The number of hydrogen-bond donors (Lipinski definition) is 3. The molecule has 0 aliphatic rings. The number of aliphatic hydroxyl groups excluding tert-OH is 1. The second-order valence-corrected chi connectivity index (χ2v) is 3.00. The van der Waals surface area contributed by atoms with Crippen molar-refractivity contribution in [3.63, 3.8) is 0 Å². The molecule has 1 unspecified atom stereocenters. The largest absolute Gasteiger partial charge is 0.392 e. The molecule has 5 nitrogen and oxygen atoms in total. The van der Waals surface area contributed by atoms with Gasteiger partial charge in [0.15, 0.2) is 0 Å². The minimum atomic E-state index is -0.572. The zero-order valence-corrected chi connectivity index (χ0v) is 7.90. The molecule has 0 aliphatic carbocycles. The van der Waals surface area contributed by atoms with Crippen LogP contribution in [0.2, 0.25) is 0 Å². The summed E-state index contributed by atoms with van der Waals surface area (Å²) in [6, 6.07) is 3.22. The fourth-order valence-corrected chi connectivity index (χ4v) is 0.945. The van der Waals surface area contributed by atoms with Gasteiger partial charge in [0.25, 0.3) is 5.91 Å². The van der Waals surface area contributed by atoms with E-state index >= 15 is 0 Å². The van der Waals surface area contributed by atoms with Crippen LogP contribution in [0.3, 0.4) is 0 Å². The fourth-order valence-electron chi connectivity index (χ4n) is 0.945. The van der Waals surface area contributed by atoms with Gasteiger partial charge in [0.05, 0.1) is 11.7 Å². The summed E-state index contributed by atoms with van der Waals surface area (Å²) in [4.78, 5) is 15.2. The van der Waals surface area contributed by atoms with E-state index in [0.717, 1.165) is 0 Å². The van der Waals surface area contributed by atoms with Gasteiger partial charge in [-0.2, -0.15) is 0 Å². The number of carbonyl (C=O) groups excluding carboxylic acids is 1. The van der Waals surface area contributed by atoms with Crippen molar-refractivity contribution in [2.45, 2.75) is 13.0 Å². The van der Waals surface area contributed by atoms with Gasteiger partial charge in [0.2, 0.25) is 0 Å². The molecule has 0 fully saturated rings. The Morgan fingerprint density at radius 1 is 1.79 bits per heavy atom. The van der Waals surface area contributed by atoms with Crippen LogP contribution in [-0.2, 0) is 0 Å². The molecule has 1 aromatic heterocycles. The van der Waals surface area contributed by atoms with E-state index in [-0.39, 0.29) is 18.3 Å². The summed E-state index contributed by atoms with van der Waals surface area (Å²) in [5, 5.41) is 11.5. The fraction of sp³-hybridized carbons (Fsp3) is 0.333. The Hall–Kier alpha value is -1.62. The third kappa shape index (κ3) is 2.70. The summed E-state index contributed by atoms with van der Waals surface area (Å²) in [5.41, 5.74) is 5.82. The Labute approximate surface area is 82.0 Å². The highest BCUT2D eigenvalue weighted by atomic mass is 16.3. The number of anilines is 1. The van der Waals surface area contributed by atoms with Gasteiger partial charge in [-0.1, -0.05) is 0 Å². The van der Waals surface area contributed by atoms with Gasteiger partial charge in [-0.3, -0.25) is 4.79 Å². The molecular weight excluding hydrogens is 182 g/mol. The molecule has 5 heteroatoms. The number of aliphatic hydroxyl groups is 1. The Kier molecular flexibility index (Phi) is 3.41. The molecule has 76 valence electrons. The maximum atomic E-state index is 11.4. The molecule has 1 heterocycles. The van der Waals surface area contributed by atoms with Gasteiger partial charge in [-0.15, -0.1) is 0 Å². The number of nitrogens with two attached hydrogens (primary N) is 1. The average molecular weight is 195 g/mol. The summed E-state index contributed by atoms with van der Waals surface area (Å²) < 4.78 is 0. The lowest BCUT2D eigenvalue weighted by Gasteiger charge is -2.07. The van der Waals surface area contributed by atoms with E-state index in [1.165, 1.54) is 6.20 Å². The number of hydrogen-bond acceptors (Lipinski definition) is 4. The Morgan fingerprint density at radius 2 is 2.50 bits per heavy atom. The van der Waals surface area contributed by atoms with Crippen LogP contribution in [-0.4, -0.2) is 28.6 Å². The van der Waals surface area contributed by atoms with Gasteiger partial charge in [0.1, 0.15) is 5.82 Å². The molecule has 0 radical (unpaired) electrons. The van der Waals surface area contributed by atoms with Crippen LogP contribution in [0.1, 0.15) is 17.3 Å². The molecule has 0 saturated heterocycles. The normalized spacial score (nSPS) is 12.1. The maximum Gasteiger partial charge on any atom is 0.255 e. The van der Waals surface area contributed by atoms with Crippen LogP contribution in [0.25, 0.3) is 0 Å². The first-order valence-electron chi connectivity index (χ1n) is 4.28. The molecule has 1 atom stereocenters. The van der Waals surface area contributed by atoms with E-state index in [1.54, 1.807) is 19.1 Å². The van der Waals surface area contributed by atoms with Crippen molar-refractivity contribution in [3.8, 4) is 0 Å². The molecule has 0 saturated carbocycles. The molecule has 0 spiro atoms. The molecule has 1 aromatic rings. The minimum Gasteiger partial charge on any atom is -0.392 e. The van der Waals surface area contributed by atoms with Crippen LogP contribution in [0.5, 0.6) is 0 Å². The topological polar surface area (TPSA) is 88.2 Å². The van der Waals surface area contributed by atoms with E-state index in [4.69, 9.17) is 10.8 Å². The summed E-state index contributed by atoms with van der Waals surface area (Å²) in [6.07, 6.45) is 0.942. The van der Waals surface area contributed by atoms with E-state index in [1.807, 2.05) is 0 Å². The van der Waals surface area contributed by atoms with Crippen LogP contribution >= 0.6 is 0 Å². The zero-order valence-electron chi connectivity index (χ0n) is 7.90. The number of nitrogens with one attached hydrogen (secondary N) is 1. The number of aromatic nitrogens is 1. The highest BCUT2D eigenvalue weighted by Crippen LogP contribution is 2.05. The number of rotatable bonds is 3. The Morgan fingerprint density at radius 3 is 3.07 bits per heavy atom.